The van der Waals surface area contributed by atoms with Crippen LogP contribution in [-0.2, 0) is 9.53 Å². The molecule has 1 aromatic rings. The molecule has 0 saturated carbocycles. The molecule has 0 aliphatic rings. The molecule has 0 spiro atoms. The predicted molar refractivity (Wildman–Crippen MR) is 66.5 cm³/mol. The normalized spacial score (nSPS) is 13.2. The van der Waals surface area contributed by atoms with E-state index >= 15 is 0 Å². The van der Waals surface area contributed by atoms with Gasteiger partial charge in [0.2, 0.25) is 0 Å². The summed E-state index contributed by atoms with van der Waals surface area (Å²) in [6.45, 7) is 6.79. The number of carbonyl (C=O) groups excluding carboxylic acids is 1. The lowest BCUT2D eigenvalue weighted by Crippen LogP contribution is -2.33. The van der Waals surface area contributed by atoms with Crippen molar-refractivity contribution >= 4 is 5.97 Å². The summed E-state index contributed by atoms with van der Waals surface area (Å²) < 4.78 is 18.6. The molecule has 1 atom stereocenters. The highest BCUT2D eigenvalue weighted by molar-refractivity contribution is 5.77. The number of esters is 1. The Morgan fingerprint density at radius 2 is 2.11 bits per heavy atom. The van der Waals surface area contributed by atoms with Gasteiger partial charge in [-0.15, -0.1) is 0 Å². The van der Waals surface area contributed by atoms with Crippen LogP contribution in [0.1, 0.15) is 38.0 Å². The summed E-state index contributed by atoms with van der Waals surface area (Å²) >= 11 is 0. The Labute approximate surface area is 107 Å². The van der Waals surface area contributed by atoms with Gasteiger partial charge in [-0.25, -0.2) is 4.39 Å². The first-order valence-electron chi connectivity index (χ1n) is 5.92. The summed E-state index contributed by atoms with van der Waals surface area (Å²) in [5, 5.41) is 10.2. The van der Waals surface area contributed by atoms with E-state index in [1.54, 1.807) is 26.0 Å². The van der Waals surface area contributed by atoms with Gasteiger partial charge in [0.05, 0.1) is 18.1 Å². The Balaban J connectivity index is 3.08. The van der Waals surface area contributed by atoms with Crippen LogP contribution in [0.15, 0.2) is 18.2 Å². The molecule has 3 nitrogen and oxygen atoms in total. The molecule has 100 valence electrons. The lowest BCUT2D eigenvalue weighted by Gasteiger charge is -2.28. The molecular weight excluding hydrogens is 235 g/mol. The molecule has 0 amide bonds. The molecule has 0 saturated heterocycles. The maximum Gasteiger partial charge on any atom is 0.314 e. The van der Waals surface area contributed by atoms with Crippen molar-refractivity contribution in [3.05, 3.63) is 35.1 Å². The highest BCUT2D eigenvalue weighted by Crippen LogP contribution is 2.36. The average molecular weight is 254 g/mol. The first-order chi connectivity index (χ1) is 8.30. The van der Waals surface area contributed by atoms with E-state index in [2.05, 4.69) is 0 Å². The Morgan fingerprint density at radius 3 is 2.67 bits per heavy atom. The molecule has 1 N–H and O–H groups in total. The van der Waals surface area contributed by atoms with E-state index in [9.17, 15) is 14.3 Å². The summed E-state index contributed by atoms with van der Waals surface area (Å²) in [5.41, 5.74) is -0.247. The lowest BCUT2D eigenvalue weighted by molar-refractivity contribution is -0.160. The number of hydrogen-bond donors (Lipinski definition) is 1. The number of rotatable bonds is 4. The fourth-order valence-electron chi connectivity index (χ4n) is 1.69. The van der Waals surface area contributed by atoms with E-state index in [0.717, 1.165) is 5.56 Å². The van der Waals surface area contributed by atoms with Crippen LogP contribution in [0.5, 0.6) is 0 Å². The highest BCUT2D eigenvalue weighted by atomic mass is 19.1. The van der Waals surface area contributed by atoms with Gasteiger partial charge in [-0.05, 0) is 33.8 Å². The minimum absolute atomic E-state index is 0.119. The predicted octanol–water partition coefficient (Wildman–Crippen LogP) is 2.76. The second-order valence-electron chi connectivity index (χ2n) is 4.87. The highest BCUT2D eigenvalue weighted by Gasteiger charge is 2.39. The van der Waals surface area contributed by atoms with Gasteiger partial charge in [-0.1, -0.05) is 17.7 Å². The largest absolute Gasteiger partial charge is 0.465 e. The first-order valence-corrected chi connectivity index (χ1v) is 5.92. The van der Waals surface area contributed by atoms with Crippen LogP contribution in [0.4, 0.5) is 4.39 Å². The lowest BCUT2D eigenvalue weighted by atomic mass is 9.82. The minimum atomic E-state index is -1.24. The van der Waals surface area contributed by atoms with Gasteiger partial charge in [0, 0.05) is 5.56 Å². The van der Waals surface area contributed by atoms with Gasteiger partial charge in [-0.2, -0.15) is 0 Å². The van der Waals surface area contributed by atoms with Crippen LogP contribution in [0, 0.1) is 18.2 Å². The zero-order valence-corrected chi connectivity index (χ0v) is 11.2. The fourth-order valence-corrected chi connectivity index (χ4v) is 1.69. The molecule has 0 aromatic heterocycles. The smallest absolute Gasteiger partial charge is 0.314 e. The molecule has 0 bridgehead atoms. The van der Waals surface area contributed by atoms with Gasteiger partial charge in [0.15, 0.2) is 0 Å². The molecule has 0 aliphatic heterocycles. The molecule has 1 rings (SSSR count). The van der Waals surface area contributed by atoms with Crippen molar-refractivity contribution in [1.29, 1.82) is 0 Å². The van der Waals surface area contributed by atoms with Gasteiger partial charge in [0.25, 0.3) is 0 Å². The number of benzene rings is 1. The number of carbonyl (C=O) groups is 1. The van der Waals surface area contributed by atoms with E-state index in [1.165, 1.54) is 19.9 Å². The molecule has 0 radical (unpaired) electrons. The van der Waals surface area contributed by atoms with Gasteiger partial charge in [-0.3, -0.25) is 4.79 Å². The van der Waals surface area contributed by atoms with E-state index in [1.807, 2.05) is 0 Å². The van der Waals surface area contributed by atoms with Crippen molar-refractivity contribution in [2.24, 2.45) is 5.41 Å². The molecular formula is C14H19FO3. The molecule has 18 heavy (non-hydrogen) atoms. The van der Waals surface area contributed by atoms with Crippen molar-refractivity contribution in [3.63, 3.8) is 0 Å². The second-order valence-corrected chi connectivity index (χ2v) is 4.87. The standard InChI is InChI=1S/C14H19FO3/c1-5-18-13(17)14(3,4)12(16)10-8-9(2)6-7-11(10)15/h6-8,12,16H,5H2,1-4H3. The number of halogens is 1. The van der Waals surface area contributed by atoms with Crippen molar-refractivity contribution in [1.82, 2.24) is 0 Å². The molecule has 4 heteroatoms. The molecule has 0 fully saturated rings. The number of hydrogen-bond acceptors (Lipinski definition) is 3. The van der Waals surface area contributed by atoms with Crippen LogP contribution in [-0.4, -0.2) is 17.7 Å². The van der Waals surface area contributed by atoms with Crippen LogP contribution < -0.4 is 0 Å². The number of ether oxygens (including phenoxy) is 1. The Morgan fingerprint density at radius 1 is 1.50 bits per heavy atom. The van der Waals surface area contributed by atoms with E-state index in [4.69, 9.17) is 4.74 Å². The molecule has 0 heterocycles. The second kappa shape index (κ2) is 5.48. The minimum Gasteiger partial charge on any atom is -0.465 e. The number of aryl methyl sites for hydroxylation is 1. The van der Waals surface area contributed by atoms with Crippen molar-refractivity contribution < 1.29 is 19.0 Å². The third-order valence-electron chi connectivity index (χ3n) is 2.93. The summed E-state index contributed by atoms with van der Waals surface area (Å²) in [5.74, 6) is -1.07. The molecule has 0 aliphatic carbocycles. The van der Waals surface area contributed by atoms with Gasteiger partial charge >= 0.3 is 5.97 Å². The topological polar surface area (TPSA) is 46.5 Å². The van der Waals surface area contributed by atoms with Gasteiger partial charge < -0.3 is 9.84 Å². The van der Waals surface area contributed by atoms with Crippen LogP contribution in [0.2, 0.25) is 0 Å². The van der Waals surface area contributed by atoms with Crippen molar-refractivity contribution in [2.75, 3.05) is 6.61 Å². The Bertz CT molecular complexity index is 441. The summed E-state index contributed by atoms with van der Waals surface area (Å²) in [6, 6.07) is 4.44. The monoisotopic (exact) mass is 254 g/mol. The zero-order chi connectivity index (χ0) is 13.9. The molecule has 1 aromatic carbocycles. The van der Waals surface area contributed by atoms with E-state index in [0.29, 0.717) is 0 Å². The maximum atomic E-state index is 13.7. The SMILES string of the molecule is CCOC(=O)C(C)(C)C(O)c1cc(C)ccc1F. The quantitative estimate of drug-likeness (QED) is 0.840. The van der Waals surface area contributed by atoms with Gasteiger partial charge in [0.1, 0.15) is 5.82 Å². The van der Waals surface area contributed by atoms with Crippen LogP contribution in [0.25, 0.3) is 0 Å². The van der Waals surface area contributed by atoms with E-state index in [-0.39, 0.29) is 12.2 Å². The first kappa shape index (κ1) is 14.6. The summed E-state index contributed by atoms with van der Waals surface area (Å²) in [7, 11) is 0. The van der Waals surface area contributed by atoms with Crippen LogP contribution >= 0.6 is 0 Å². The summed E-state index contributed by atoms with van der Waals surface area (Å²) in [6.07, 6.45) is -1.24. The van der Waals surface area contributed by atoms with Crippen molar-refractivity contribution in [2.45, 2.75) is 33.8 Å². The Hall–Kier alpha value is -1.42. The Kier molecular flexibility index (Phi) is 4.46. The van der Waals surface area contributed by atoms with Crippen molar-refractivity contribution in [3.8, 4) is 0 Å². The average Bonchev–Trinajstić information content (AvgIpc) is 2.31. The number of aliphatic hydroxyl groups is 1. The molecule has 1 unspecified atom stereocenters. The third-order valence-corrected chi connectivity index (χ3v) is 2.93. The summed E-state index contributed by atoms with van der Waals surface area (Å²) in [4.78, 5) is 11.8. The maximum absolute atomic E-state index is 13.7. The van der Waals surface area contributed by atoms with Crippen LogP contribution in [0.3, 0.4) is 0 Å². The zero-order valence-electron chi connectivity index (χ0n) is 11.2. The fraction of sp³-hybridized carbons (Fsp3) is 0.500. The number of aliphatic hydroxyl groups excluding tert-OH is 1. The van der Waals surface area contributed by atoms with E-state index < -0.39 is 23.3 Å². The third kappa shape index (κ3) is 2.88.